The van der Waals surface area contributed by atoms with Gasteiger partial charge < -0.3 is 20.1 Å². The van der Waals surface area contributed by atoms with Crippen LogP contribution in [0, 0.1) is 0 Å². The second-order valence-corrected chi connectivity index (χ2v) is 6.67. The molecule has 0 radical (unpaired) electrons. The summed E-state index contributed by atoms with van der Waals surface area (Å²) in [5.41, 5.74) is 5.27. The van der Waals surface area contributed by atoms with Crippen molar-refractivity contribution in [2.24, 2.45) is 5.10 Å². The molecule has 0 spiro atoms. The molecule has 0 aliphatic rings. The van der Waals surface area contributed by atoms with Crippen molar-refractivity contribution in [1.29, 1.82) is 0 Å². The van der Waals surface area contributed by atoms with Gasteiger partial charge in [0.15, 0.2) is 0 Å². The normalized spacial score (nSPS) is 10.6. The topological polar surface area (TPSA) is 118 Å². The third-order valence-electron chi connectivity index (χ3n) is 4.39. The van der Waals surface area contributed by atoms with Crippen LogP contribution in [0.5, 0.6) is 11.5 Å². The van der Waals surface area contributed by atoms with Crippen molar-refractivity contribution in [1.82, 2.24) is 19.9 Å². The van der Waals surface area contributed by atoms with E-state index in [2.05, 4.69) is 41.1 Å². The van der Waals surface area contributed by atoms with Gasteiger partial charge in [0.1, 0.15) is 11.5 Å². The molecule has 0 saturated heterocycles. The van der Waals surface area contributed by atoms with Gasteiger partial charge >= 0.3 is 0 Å². The summed E-state index contributed by atoms with van der Waals surface area (Å²) in [5.74, 6) is 2.45. The van der Waals surface area contributed by atoms with Gasteiger partial charge in [0, 0.05) is 29.3 Å². The molecule has 166 valence electrons. The van der Waals surface area contributed by atoms with Gasteiger partial charge in [0.05, 0.1) is 20.4 Å². The van der Waals surface area contributed by atoms with Crippen LogP contribution in [-0.2, 0) is 0 Å². The maximum Gasteiger partial charge on any atom is 0.250 e. The minimum absolute atomic E-state index is 0.261. The lowest BCUT2D eigenvalue weighted by atomic mass is 10.3. The standard InChI is InChI=1S/C23H22N8O2/c1-32-19-9-5-17(6-10-19)26-21-28-22(27-18-7-11-20(33-2)12-8-18)30-23(29-21)31-25-15-16-4-3-13-24-14-16/h3-15H,1-2H3,(H3,26,27,28,29,30,31)/b25-15+. The zero-order valence-electron chi connectivity index (χ0n) is 18.1. The highest BCUT2D eigenvalue weighted by Gasteiger charge is 2.08. The number of nitrogens with one attached hydrogen (secondary N) is 3. The van der Waals surface area contributed by atoms with E-state index >= 15 is 0 Å². The lowest BCUT2D eigenvalue weighted by molar-refractivity contribution is 0.415. The fraction of sp³-hybridized carbons (Fsp3) is 0.0870. The van der Waals surface area contributed by atoms with E-state index in [1.54, 1.807) is 32.8 Å². The highest BCUT2D eigenvalue weighted by Crippen LogP contribution is 2.22. The average molecular weight is 442 g/mol. The predicted octanol–water partition coefficient (Wildman–Crippen LogP) is 4.22. The molecule has 10 nitrogen and oxygen atoms in total. The van der Waals surface area contributed by atoms with Gasteiger partial charge in [-0.1, -0.05) is 6.07 Å². The third-order valence-corrected chi connectivity index (χ3v) is 4.39. The second-order valence-electron chi connectivity index (χ2n) is 6.67. The highest BCUT2D eigenvalue weighted by molar-refractivity contribution is 5.79. The van der Waals surface area contributed by atoms with E-state index in [9.17, 15) is 0 Å². The molecule has 0 unspecified atom stereocenters. The Labute approximate surface area is 190 Å². The van der Waals surface area contributed by atoms with Gasteiger partial charge in [-0.15, -0.1) is 0 Å². The summed E-state index contributed by atoms with van der Waals surface area (Å²) in [5, 5.41) is 10.5. The van der Waals surface area contributed by atoms with Crippen molar-refractivity contribution in [3.63, 3.8) is 0 Å². The Bertz CT molecular complexity index is 1130. The van der Waals surface area contributed by atoms with Crippen molar-refractivity contribution >= 4 is 35.4 Å². The zero-order valence-corrected chi connectivity index (χ0v) is 18.1. The number of rotatable bonds is 9. The number of hydrazone groups is 1. The number of methoxy groups -OCH3 is 2. The first-order chi connectivity index (χ1) is 16.2. The largest absolute Gasteiger partial charge is 0.497 e. The number of ether oxygens (including phenoxy) is 2. The van der Waals surface area contributed by atoms with Gasteiger partial charge in [0.25, 0.3) is 0 Å². The maximum absolute atomic E-state index is 5.20. The first-order valence-electron chi connectivity index (χ1n) is 9.99. The first kappa shape index (κ1) is 21.5. The van der Waals surface area contributed by atoms with Crippen LogP contribution in [0.4, 0.5) is 29.2 Å². The van der Waals surface area contributed by atoms with Crippen molar-refractivity contribution < 1.29 is 9.47 Å². The van der Waals surface area contributed by atoms with Crippen molar-refractivity contribution in [2.45, 2.75) is 0 Å². The predicted molar refractivity (Wildman–Crippen MR) is 128 cm³/mol. The SMILES string of the molecule is COc1ccc(Nc2nc(N/N=C/c3cccnc3)nc(Nc3ccc(OC)cc3)n2)cc1. The van der Waals surface area contributed by atoms with E-state index in [1.165, 1.54) is 0 Å². The van der Waals surface area contributed by atoms with Crippen LogP contribution in [0.1, 0.15) is 5.56 Å². The Kier molecular flexibility index (Phi) is 6.86. The molecule has 0 fully saturated rings. The first-order valence-corrected chi connectivity index (χ1v) is 9.99. The second kappa shape index (κ2) is 10.5. The average Bonchev–Trinajstić information content (AvgIpc) is 2.85. The Morgan fingerprint density at radius 2 is 1.27 bits per heavy atom. The molecule has 2 aromatic heterocycles. The van der Waals surface area contributed by atoms with E-state index in [1.807, 2.05) is 60.7 Å². The van der Waals surface area contributed by atoms with E-state index in [4.69, 9.17) is 9.47 Å². The molecule has 2 heterocycles. The summed E-state index contributed by atoms with van der Waals surface area (Å²) in [6.45, 7) is 0. The van der Waals surface area contributed by atoms with Crippen molar-refractivity contribution in [2.75, 3.05) is 30.3 Å². The highest BCUT2D eigenvalue weighted by atomic mass is 16.5. The van der Waals surface area contributed by atoms with Crippen LogP contribution in [0.3, 0.4) is 0 Å². The van der Waals surface area contributed by atoms with Gasteiger partial charge in [-0.05, 0) is 54.6 Å². The summed E-state index contributed by atoms with van der Waals surface area (Å²) in [7, 11) is 3.24. The molecule has 0 saturated carbocycles. The van der Waals surface area contributed by atoms with E-state index in [-0.39, 0.29) is 5.95 Å². The third kappa shape index (κ3) is 6.14. The molecule has 0 aliphatic heterocycles. The summed E-state index contributed by atoms with van der Waals surface area (Å²) < 4.78 is 10.4. The van der Waals surface area contributed by atoms with E-state index < -0.39 is 0 Å². The molecular weight excluding hydrogens is 420 g/mol. The minimum Gasteiger partial charge on any atom is -0.497 e. The van der Waals surface area contributed by atoms with Crippen LogP contribution in [0.2, 0.25) is 0 Å². The Morgan fingerprint density at radius 1 is 0.727 bits per heavy atom. The number of benzene rings is 2. The maximum atomic E-state index is 5.20. The van der Waals surface area contributed by atoms with Gasteiger partial charge in [-0.2, -0.15) is 20.1 Å². The Balaban J connectivity index is 1.57. The van der Waals surface area contributed by atoms with Crippen LogP contribution >= 0.6 is 0 Å². The van der Waals surface area contributed by atoms with Crippen LogP contribution in [0.15, 0.2) is 78.2 Å². The lowest BCUT2D eigenvalue weighted by Gasteiger charge is -2.11. The molecule has 4 rings (SSSR count). The molecule has 0 atom stereocenters. The summed E-state index contributed by atoms with van der Waals surface area (Å²) in [6, 6.07) is 18.6. The number of anilines is 5. The van der Waals surface area contributed by atoms with Gasteiger partial charge in [0.2, 0.25) is 17.8 Å². The van der Waals surface area contributed by atoms with Crippen molar-refractivity contribution in [3.8, 4) is 11.5 Å². The summed E-state index contributed by atoms with van der Waals surface area (Å²) >= 11 is 0. The van der Waals surface area contributed by atoms with Crippen LogP contribution in [0.25, 0.3) is 0 Å². The molecular formula is C23H22N8O2. The Hall–Kier alpha value is -4.73. The van der Waals surface area contributed by atoms with E-state index in [0.29, 0.717) is 11.9 Å². The lowest BCUT2D eigenvalue weighted by Crippen LogP contribution is -2.07. The monoisotopic (exact) mass is 442 g/mol. The number of aromatic nitrogens is 4. The smallest absolute Gasteiger partial charge is 0.250 e. The number of hydrogen-bond donors (Lipinski definition) is 3. The number of nitrogens with zero attached hydrogens (tertiary/aromatic N) is 5. The molecule has 10 heteroatoms. The molecule has 33 heavy (non-hydrogen) atoms. The molecule has 0 aliphatic carbocycles. The van der Waals surface area contributed by atoms with Gasteiger partial charge in [-0.25, -0.2) is 5.43 Å². The fourth-order valence-electron chi connectivity index (χ4n) is 2.76. The fourth-order valence-corrected chi connectivity index (χ4v) is 2.76. The molecule has 0 amide bonds. The molecule has 4 aromatic rings. The number of pyridine rings is 1. The van der Waals surface area contributed by atoms with Crippen molar-refractivity contribution in [3.05, 3.63) is 78.6 Å². The quantitative estimate of drug-likeness (QED) is 0.259. The molecule has 2 aromatic carbocycles. The summed E-state index contributed by atoms with van der Waals surface area (Å²) in [6.07, 6.45) is 5.03. The Morgan fingerprint density at radius 3 is 1.76 bits per heavy atom. The minimum atomic E-state index is 0.261. The number of hydrogen-bond acceptors (Lipinski definition) is 10. The summed E-state index contributed by atoms with van der Waals surface area (Å²) in [4.78, 5) is 17.3. The van der Waals surface area contributed by atoms with Crippen LogP contribution < -0.4 is 25.5 Å². The van der Waals surface area contributed by atoms with Crippen LogP contribution in [-0.4, -0.2) is 40.4 Å². The zero-order chi connectivity index (χ0) is 22.9. The van der Waals surface area contributed by atoms with Gasteiger partial charge in [-0.3, -0.25) is 4.98 Å². The molecule has 0 bridgehead atoms. The molecule has 3 N–H and O–H groups in total. The van der Waals surface area contributed by atoms with E-state index in [0.717, 1.165) is 28.4 Å².